The van der Waals surface area contributed by atoms with Crippen LogP contribution < -0.4 is 14.8 Å². The van der Waals surface area contributed by atoms with Crippen molar-refractivity contribution in [2.75, 3.05) is 43.4 Å². The van der Waals surface area contributed by atoms with Crippen LogP contribution in [0, 0.1) is 5.92 Å². The smallest absolute Gasteiger partial charge is 0.321 e. The molecule has 0 radical (unpaired) electrons. The van der Waals surface area contributed by atoms with Crippen LogP contribution in [0.25, 0.3) is 10.8 Å². The Bertz CT molecular complexity index is 1900. The number of nitrogens with one attached hydrogen (secondary N) is 2. The van der Waals surface area contributed by atoms with Gasteiger partial charge < -0.3 is 29.7 Å². The summed E-state index contributed by atoms with van der Waals surface area (Å²) in [6, 6.07) is 25.4. The first-order valence-corrected chi connectivity index (χ1v) is 18.9. The van der Waals surface area contributed by atoms with Gasteiger partial charge in [-0.15, -0.1) is 0 Å². The molecule has 5 rings (SSSR count). The molecule has 12 heteroatoms. The zero-order valence-electron chi connectivity index (χ0n) is 29.6. The largest absolute Gasteiger partial charge is 0.490 e. The number of anilines is 2. The summed E-state index contributed by atoms with van der Waals surface area (Å²) in [5, 5.41) is 15.3. The van der Waals surface area contributed by atoms with Gasteiger partial charge in [0.05, 0.1) is 41.0 Å². The topological polar surface area (TPSA) is 138 Å². The number of hydrogen-bond donors (Lipinski definition) is 3. The standard InChI is InChI=1S/C39H48N4O7S/c1-27-24-43(28(2)26-44)38(45)34-23-31(41-51(47,48)32-16-6-5-7-17-32)20-21-36(34)50-29(3)13-10-11-22-49-37(27)25-42(4)39(46)40-35-19-12-15-30-14-8-9-18-33(30)35/h5-9,12,14-21,23,27-29,37,41,44H,10-11,13,22,24-26H2,1-4H3,(H,40,46)/t27-,28+,29+,37-/m1/s1. The highest BCUT2D eigenvalue weighted by atomic mass is 32.2. The first-order chi connectivity index (χ1) is 24.5. The predicted molar refractivity (Wildman–Crippen MR) is 200 cm³/mol. The highest BCUT2D eigenvalue weighted by Crippen LogP contribution is 2.30. The Morgan fingerprint density at radius 3 is 2.49 bits per heavy atom. The van der Waals surface area contributed by atoms with Crippen molar-refractivity contribution in [3.8, 4) is 5.75 Å². The number of urea groups is 1. The molecule has 0 aromatic heterocycles. The molecule has 51 heavy (non-hydrogen) atoms. The number of amides is 3. The average Bonchev–Trinajstić information content (AvgIpc) is 3.13. The van der Waals surface area contributed by atoms with Crippen molar-refractivity contribution in [2.45, 2.75) is 63.2 Å². The van der Waals surface area contributed by atoms with E-state index in [-0.39, 0.29) is 53.9 Å². The molecule has 1 aliphatic heterocycles. The maximum atomic E-state index is 14.4. The Morgan fingerprint density at radius 2 is 1.73 bits per heavy atom. The Kier molecular flexibility index (Phi) is 12.6. The van der Waals surface area contributed by atoms with Crippen molar-refractivity contribution in [3.05, 3.63) is 96.6 Å². The van der Waals surface area contributed by atoms with E-state index in [0.717, 1.165) is 23.6 Å². The molecule has 1 heterocycles. The molecule has 0 unspecified atom stereocenters. The maximum Gasteiger partial charge on any atom is 0.321 e. The van der Waals surface area contributed by atoms with Gasteiger partial charge in [0.25, 0.3) is 15.9 Å². The molecule has 0 bridgehead atoms. The monoisotopic (exact) mass is 716 g/mol. The summed E-state index contributed by atoms with van der Waals surface area (Å²) in [6.07, 6.45) is 1.60. The number of benzene rings is 4. The molecule has 4 aromatic rings. The zero-order chi connectivity index (χ0) is 36.5. The molecule has 4 aromatic carbocycles. The Morgan fingerprint density at radius 1 is 1.00 bits per heavy atom. The van der Waals surface area contributed by atoms with Gasteiger partial charge in [0.1, 0.15) is 5.75 Å². The SMILES string of the molecule is C[C@@H]1CN([C@@H](C)CO)C(=O)c2cc(NS(=O)(=O)c3ccccc3)ccc2O[C@@H](C)CCCCO[C@@H]1CN(C)C(=O)Nc1cccc2ccccc12. The second-order valence-electron chi connectivity index (χ2n) is 13.3. The van der Waals surface area contributed by atoms with E-state index in [9.17, 15) is 23.1 Å². The van der Waals surface area contributed by atoms with Gasteiger partial charge in [-0.05, 0) is 74.9 Å². The van der Waals surface area contributed by atoms with Gasteiger partial charge in [-0.25, -0.2) is 13.2 Å². The van der Waals surface area contributed by atoms with Gasteiger partial charge in [-0.2, -0.15) is 0 Å². The third-order valence-corrected chi connectivity index (χ3v) is 10.6. The summed E-state index contributed by atoms with van der Waals surface area (Å²) in [4.78, 5) is 31.1. The Balaban J connectivity index is 1.40. The lowest BCUT2D eigenvalue weighted by atomic mass is 10.0. The van der Waals surface area contributed by atoms with Crippen molar-refractivity contribution >= 4 is 44.1 Å². The number of carbonyl (C=O) groups excluding carboxylic acids is 2. The molecule has 0 saturated carbocycles. The van der Waals surface area contributed by atoms with Gasteiger partial charge in [0, 0.05) is 43.7 Å². The van der Waals surface area contributed by atoms with E-state index in [0.29, 0.717) is 24.5 Å². The molecule has 0 saturated heterocycles. The maximum absolute atomic E-state index is 14.4. The zero-order valence-corrected chi connectivity index (χ0v) is 30.4. The number of fused-ring (bicyclic) bond motifs is 2. The molecule has 4 atom stereocenters. The molecule has 3 amide bonds. The minimum Gasteiger partial charge on any atom is -0.490 e. The van der Waals surface area contributed by atoms with Gasteiger partial charge in [-0.1, -0.05) is 61.5 Å². The minimum absolute atomic E-state index is 0.0902. The number of rotatable bonds is 8. The lowest BCUT2D eigenvalue weighted by molar-refractivity contribution is -0.0115. The lowest BCUT2D eigenvalue weighted by Gasteiger charge is -2.35. The average molecular weight is 717 g/mol. The Labute approximate surface area is 300 Å². The van der Waals surface area contributed by atoms with Gasteiger partial charge in [0.2, 0.25) is 0 Å². The second-order valence-corrected chi connectivity index (χ2v) is 14.9. The van der Waals surface area contributed by atoms with Crippen molar-refractivity contribution in [3.63, 3.8) is 0 Å². The molecule has 1 aliphatic rings. The summed E-state index contributed by atoms with van der Waals surface area (Å²) in [5.74, 6) is -0.362. The van der Waals surface area contributed by atoms with E-state index in [1.165, 1.54) is 18.2 Å². The van der Waals surface area contributed by atoms with Gasteiger partial charge in [-0.3, -0.25) is 9.52 Å². The molecule has 3 N–H and O–H groups in total. The molecular weight excluding hydrogens is 669 g/mol. The van der Waals surface area contributed by atoms with Crippen molar-refractivity contribution in [1.82, 2.24) is 9.80 Å². The summed E-state index contributed by atoms with van der Waals surface area (Å²) < 4.78 is 41.6. The predicted octanol–water partition coefficient (Wildman–Crippen LogP) is 6.60. The summed E-state index contributed by atoms with van der Waals surface area (Å²) >= 11 is 0. The van der Waals surface area contributed by atoms with E-state index in [4.69, 9.17) is 9.47 Å². The summed E-state index contributed by atoms with van der Waals surface area (Å²) in [7, 11) is -2.21. The van der Waals surface area contributed by atoms with Crippen molar-refractivity contribution in [2.24, 2.45) is 5.92 Å². The normalized spacial score (nSPS) is 19.7. The first-order valence-electron chi connectivity index (χ1n) is 17.4. The number of carbonyl (C=O) groups is 2. The third kappa shape index (κ3) is 9.57. The fraction of sp³-hybridized carbons (Fsp3) is 0.385. The quantitative estimate of drug-likeness (QED) is 0.187. The van der Waals surface area contributed by atoms with Crippen LogP contribution in [-0.2, 0) is 14.8 Å². The fourth-order valence-electron chi connectivity index (χ4n) is 6.16. The summed E-state index contributed by atoms with van der Waals surface area (Å²) in [5.41, 5.74) is 1.08. The van der Waals surface area contributed by atoms with Crippen LogP contribution in [0.4, 0.5) is 16.2 Å². The minimum atomic E-state index is -3.93. The number of aliphatic hydroxyl groups excluding tert-OH is 1. The molecule has 0 aliphatic carbocycles. The van der Waals surface area contributed by atoms with Crippen LogP contribution in [0.15, 0.2) is 95.9 Å². The molecule has 11 nitrogen and oxygen atoms in total. The number of aliphatic hydroxyl groups is 1. The van der Waals surface area contributed by atoms with Gasteiger partial charge in [0.15, 0.2) is 0 Å². The van der Waals surface area contributed by atoms with Crippen LogP contribution in [0.2, 0.25) is 0 Å². The second kappa shape index (κ2) is 17.0. The number of likely N-dealkylation sites (N-methyl/N-ethyl adjacent to an activating group) is 1. The van der Waals surface area contributed by atoms with Crippen LogP contribution in [-0.4, -0.2) is 86.9 Å². The highest BCUT2D eigenvalue weighted by molar-refractivity contribution is 7.92. The highest BCUT2D eigenvalue weighted by Gasteiger charge is 2.31. The molecule has 0 fully saturated rings. The molecular formula is C39H48N4O7S. The van der Waals surface area contributed by atoms with Crippen molar-refractivity contribution < 1.29 is 32.6 Å². The van der Waals surface area contributed by atoms with E-state index in [1.807, 2.05) is 56.3 Å². The number of hydrogen-bond acceptors (Lipinski definition) is 7. The fourth-order valence-corrected chi connectivity index (χ4v) is 7.23. The van der Waals surface area contributed by atoms with Crippen LogP contribution >= 0.6 is 0 Å². The number of ether oxygens (including phenoxy) is 2. The van der Waals surface area contributed by atoms with Crippen molar-refractivity contribution in [1.29, 1.82) is 0 Å². The van der Waals surface area contributed by atoms with Gasteiger partial charge >= 0.3 is 6.03 Å². The number of sulfonamides is 1. The number of nitrogens with zero attached hydrogens (tertiary/aromatic N) is 2. The Hall–Kier alpha value is -4.65. The molecule has 272 valence electrons. The third-order valence-electron chi connectivity index (χ3n) is 9.19. The van der Waals surface area contributed by atoms with Crippen LogP contribution in [0.5, 0.6) is 5.75 Å². The van der Waals surface area contributed by atoms with E-state index in [1.54, 1.807) is 54.1 Å². The first kappa shape index (κ1) is 37.6. The van der Waals surface area contributed by atoms with E-state index in [2.05, 4.69) is 10.0 Å². The van der Waals surface area contributed by atoms with Crippen LogP contribution in [0.1, 0.15) is 50.4 Å². The lowest BCUT2D eigenvalue weighted by Crippen LogP contribution is -2.48. The summed E-state index contributed by atoms with van der Waals surface area (Å²) in [6.45, 7) is 6.25. The van der Waals surface area contributed by atoms with Crippen LogP contribution in [0.3, 0.4) is 0 Å². The van der Waals surface area contributed by atoms with E-state index >= 15 is 0 Å². The molecule has 0 spiro atoms. The van der Waals surface area contributed by atoms with E-state index < -0.39 is 28.1 Å².